The monoisotopic (exact) mass is 510 g/mol. The number of carbonyl (C=O) groups excluding carboxylic acids is 1. The van der Waals surface area contributed by atoms with Gasteiger partial charge in [-0.1, -0.05) is 31.3 Å². The van der Waals surface area contributed by atoms with Crippen molar-refractivity contribution in [3.63, 3.8) is 0 Å². The van der Waals surface area contributed by atoms with Gasteiger partial charge in [-0.2, -0.15) is 4.31 Å². The molecule has 1 unspecified atom stereocenters. The summed E-state index contributed by atoms with van der Waals surface area (Å²) < 4.78 is 42.4. The van der Waals surface area contributed by atoms with Gasteiger partial charge in [-0.3, -0.25) is 9.69 Å². The van der Waals surface area contributed by atoms with Crippen LogP contribution < -0.4 is 4.90 Å². The zero-order valence-electron chi connectivity index (χ0n) is 18.6. The molecule has 178 valence electrons. The number of halogens is 1. The van der Waals surface area contributed by atoms with Gasteiger partial charge in [-0.15, -0.1) is 11.3 Å². The molecule has 0 saturated carbocycles. The number of sulfonamides is 1. The number of amides is 1. The molecule has 3 aromatic rings. The molecule has 11 heteroatoms. The van der Waals surface area contributed by atoms with Crippen LogP contribution in [0.2, 0.25) is 0 Å². The number of thiophene rings is 1. The highest BCUT2D eigenvalue weighted by atomic mass is 32.2. The summed E-state index contributed by atoms with van der Waals surface area (Å²) in [6, 6.07) is 6.84. The van der Waals surface area contributed by atoms with Gasteiger partial charge in [0.1, 0.15) is 16.1 Å². The molecule has 33 heavy (non-hydrogen) atoms. The smallest absolute Gasteiger partial charge is 0.253 e. The number of carbonyl (C=O) groups is 1. The molecule has 1 aliphatic rings. The molecule has 2 aromatic heterocycles. The Hall–Kier alpha value is -1.92. The van der Waals surface area contributed by atoms with Crippen LogP contribution in [0.15, 0.2) is 39.9 Å². The zero-order valence-corrected chi connectivity index (χ0v) is 21.1. The van der Waals surface area contributed by atoms with Crippen molar-refractivity contribution in [2.75, 3.05) is 37.6 Å². The highest BCUT2D eigenvalue weighted by Crippen LogP contribution is 2.33. The van der Waals surface area contributed by atoms with E-state index in [0.29, 0.717) is 47.8 Å². The van der Waals surface area contributed by atoms with Gasteiger partial charge in [0.05, 0.1) is 10.2 Å². The minimum Gasteiger partial charge on any atom is -0.302 e. The van der Waals surface area contributed by atoms with E-state index in [0.717, 1.165) is 24.4 Å². The SMILES string of the molecule is CCN(CC)CCN(C(=O)C1CCCN1S(=O)(=O)c1cccs1)c1nc2ccc(F)cc2s1. The second-order valence-electron chi connectivity index (χ2n) is 7.83. The summed E-state index contributed by atoms with van der Waals surface area (Å²) in [6.07, 6.45) is 1.08. The second kappa shape index (κ2) is 10.1. The molecular weight excluding hydrogens is 483 g/mol. The third-order valence-electron chi connectivity index (χ3n) is 5.92. The number of nitrogens with zero attached hydrogens (tertiary/aromatic N) is 4. The van der Waals surface area contributed by atoms with Gasteiger partial charge < -0.3 is 4.90 Å². The summed E-state index contributed by atoms with van der Waals surface area (Å²) in [5, 5.41) is 2.18. The first kappa shape index (κ1) is 24.2. The maximum Gasteiger partial charge on any atom is 0.253 e. The van der Waals surface area contributed by atoms with Crippen molar-refractivity contribution in [1.82, 2.24) is 14.2 Å². The lowest BCUT2D eigenvalue weighted by molar-refractivity contribution is -0.121. The van der Waals surface area contributed by atoms with Gasteiger partial charge in [-0.25, -0.2) is 17.8 Å². The first-order valence-corrected chi connectivity index (χ1v) is 14.1. The number of hydrogen-bond donors (Lipinski definition) is 0. The Bertz CT molecular complexity index is 1210. The lowest BCUT2D eigenvalue weighted by Gasteiger charge is -2.29. The molecule has 7 nitrogen and oxygen atoms in total. The number of likely N-dealkylation sites (N-methyl/N-ethyl adjacent to an activating group) is 1. The normalized spacial score (nSPS) is 17.3. The molecule has 0 aliphatic carbocycles. The largest absolute Gasteiger partial charge is 0.302 e. The molecule has 1 fully saturated rings. The summed E-state index contributed by atoms with van der Waals surface area (Å²) >= 11 is 2.40. The van der Waals surface area contributed by atoms with E-state index >= 15 is 0 Å². The molecule has 3 heterocycles. The number of fused-ring (bicyclic) bond motifs is 1. The van der Waals surface area contributed by atoms with E-state index in [2.05, 4.69) is 23.7 Å². The van der Waals surface area contributed by atoms with Gasteiger partial charge in [-0.05, 0) is 55.6 Å². The van der Waals surface area contributed by atoms with E-state index < -0.39 is 16.1 Å². The summed E-state index contributed by atoms with van der Waals surface area (Å²) in [6.45, 7) is 7.12. The predicted molar refractivity (Wildman–Crippen MR) is 131 cm³/mol. The molecule has 4 rings (SSSR count). The van der Waals surface area contributed by atoms with Crippen LogP contribution in [0.25, 0.3) is 10.2 Å². The molecule has 0 N–H and O–H groups in total. The van der Waals surface area contributed by atoms with Gasteiger partial charge in [0.25, 0.3) is 10.0 Å². The maximum atomic E-state index is 13.8. The fourth-order valence-corrected chi connectivity index (χ4v) is 7.86. The van der Waals surface area contributed by atoms with Crippen molar-refractivity contribution < 1.29 is 17.6 Å². The van der Waals surface area contributed by atoms with Crippen molar-refractivity contribution >= 4 is 54.0 Å². The van der Waals surface area contributed by atoms with Crippen molar-refractivity contribution in [2.45, 2.75) is 36.9 Å². The quantitative estimate of drug-likeness (QED) is 0.435. The topological polar surface area (TPSA) is 73.8 Å². The Labute approximate surface area is 201 Å². The predicted octanol–water partition coefficient (Wildman–Crippen LogP) is 4.03. The average Bonchev–Trinajstić information content (AvgIpc) is 3.56. The molecule has 0 radical (unpaired) electrons. The Balaban J connectivity index is 1.67. The standard InChI is InChI=1S/C22H27FN4O3S3/c1-3-25(4-2)12-13-26(22-24-17-10-9-16(23)15-19(17)32-22)21(28)18-7-5-11-27(18)33(29,30)20-8-6-14-31-20/h6,8-10,14-15,18H,3-5,7,11-13H2,1-2H3. The van der Waals surface area contributed by atoms with E-state index in [9.17, 15) is 17.6 Å². The number of hydrogen-bond acceptors (Lipinski definition) is 7. The number of thiazole rings is 1. The summed E-state index contributed by atoms with van der Waals surface area (Å²) in [7, 11) is -3.75. The molecule has 1 amide bonds. The third kappa shape index (κ3) is 4.97. The van der Waals surface area contributed by atoms with E-state index in [1.807, 2.05) is 0 Å². The van der Waals surface area contributed by atoms with Crippen LogP contribution in [0, 0.1) is 5.82 Å². The fourth-order valence-electron chi connectivity index (χ4n) is 4.06. The summed E-state index contributed by atoms with van der Waals surface area (Å²) in [4.78, 5) is 22.2. The summed E-state index contributed by atoms with van der Waals surface area (Å²) in [5.74, 6) is -0.637. The first-order chi connectivity index (χ1) is 15.8. The highest BCUT2D eigenvalue weighted by Gasteiger charge is 2.42. The van der Waals surface area contributed by atoms with E-state index in [-0.39, 0.29) is 15.9 Å². The first-order valence-electron chi connectivity index (χ1n) is 11.0. The fraction of sp³-hybridized carbons (Fsp3) is 0.455. The minimum absolute atomic E-state index is 0.243. The second-order valence-corrected chi connectivity index (χ2v) is 11.9. The average molecular weight is 511 g/mol. The van der Waals surface area contributed by atoms with E-state index in [1.54, 1.807) is 28.5 Å². The van der Waals surface area contributed by atoms with Crippen LogP contribution in [0.5, 0.6) is 0 Å². The molecule has 0 spiro atoms. The Morgan fingerprint density at radius 2 is 2.03 bits per heavy atom. The minimum atomic E-state index is -3.75. The Morgan fingerprint density at radius 3 is 2.73 bits per heavy atom. The maximum absolute atomic E-state index is 13.8. The van der Waals surface area contributed by atoms with Gasteiger partial charge in [0, 0.05) is 19.6 Å². The van der Waals surface area contributed by atoms with Gasteiger partial charge in [0.15, 0.2) is 5.13 Å². The highest BCUT2D eigenvalue weighted by molar-refractivity contribution is 7.91. The molecule has 1 saturated heterocycles. The van der Waals surface area contributed by atoms with Crippen LogP contribution in [0.1, 0.15) is 26.7 Å². The molecule has 0 bridgehead atoms. The molecule has 1 aromatic carbocycles. The van der Waals surface area contributed by atoms with Gasteiger partial charge >= 0.3 is 0 Å². The van der Waals surface area contributed by atoms with Crippen molar-refractivity contribution in [3.8, 4) is 0 Å². The number of rotatable bonds is 9. The molecule has 1 atom stereocenters. The Morgan fingerprint density at radius 1 is 1.24 bits per heavy atom. The van der Waals surface area contributed by atoms with Crippen LogP contribution in [-0.4, -0.2) is 67.3 Å². The van der Waals surface area contributed by atoms with Crippen LogP contribution in [-0.2, 0) is 14.8 Å². The molecular formula is C22H27FN4O3S3. The lowest BCUT2D eigenvalue weighted by atomic mass is 10.2. The van der Waals surface area contributed by atoms with E-state index in [4.69, 9.17) is 0 Å². The van der Waals surface area contributed by atoms with Gasteiger partial charge in [0.2, 0.25) is 5.91 Å². The summed E-state index contributed by atoms with van der Waals surface area (Å²) in [5.41, 5.74) is 0.617. The number of benzene rings is 1. The molecule has 1 aliphatic heterocycles. The Kier molecular flexibility index (Phi) is 7.44. The number of anilines is 1. The third-order valence-corrected chi connectivity index (χ3v) is 10.2. The number of aromatic nitrogens is 1. The van der Waals surface area contributed by atoms with Crippen LogP contribution >= 0.6 is 22.7 Å². The van der Waals surface area contributed by atoms with Crippen LogP contribution in [0.3, 0.4) is 0 Å². The van der Waals surface area contributed by atoms with Crippen molar-refractivity contribution in [1.29, 1.82) is 0 Å². The van der Waals surface area contributed by atoms with Crippen molar-refractivity contribution in [3.05, 3.63) is 41.5 Å². The van der Waals surface area contributed by atoms with Crippen molar-refractivity contribution in [2.24, 2.45) is 0 Å². The van der Waals surface area contributed by atoms with E-state index in [1.165, 1.54) is 27.8 Å². The lowest BCUT2D eigenvalue weighted by Crippen LogP contribution is -2.49. The van der Waals surface area contributed by atoms with Crippen LogP contribution in [0.4, 0.5) is 9.52 Å². The zero-order chi connectivity index (χ0) is 23.6.